The van der Waals surface area contributed by atoms with E-state index in [9.17, 15) is 9.59 Å². The summed E-state index contributed by atoms with van der Waals surface area (Å²) in [5, 5.41) is 9.67. The summed E-state index contributed by atoms with van der Waals surface area (Å²) in [6.07, 6.45) is 1.41. The Morgan fingerprint density at radius 1 is 1.23 bits per heavy atom. The smallest absolute Gasteiger partial charge is 0.252 e. The summed E-state index contributed by atoms with van der Waals surface area (Å²) >= 11 is 6.02. The van der Waals surface area contributed by atoms with Crippen molar-refractivity contribution >= 4 is 41.3 Å². The lowest BCUT2D eigenvalue weighted by molar-refractivity contribution is -0.123. The predicted octanol–water partition coefficient (Wildman–Crippen LogP) is 2.16. The van der Waals surface area contributed by atoms with Gasteiger partial charge >= 0.3 is 0 Å². The molecule has 0 bridgehead atoms. The zero-order valence-corrected chi connectivity index (χ0v) is 17.1. The first-order chi connectivity index (χ1) is 14.5. The molecule has 0 fully saturated rings. The fourth-order valence-corrected chi connectivity index (χ4v) is 2.87. The first-order valence-electron chi connectivity index (χ1n) is 8.94. The molecule has 3 N–H and O–H groups in total. The second kappa shape index (κ2) is 9.75. The Hall–Kier alpha value is -3.59. The number of hydrazone groups is 1. The van der Waals surface area contributed by atoms with Crippen molar-refractivity contribution in [1.29, 1.82) is 0 Å². The van der Waals surface area contributed by atoms with Crippen molar-refractivity contribution in [2.24, 2.45) is 10.1 Å². The number of anilines is 1. The van der Waals surface area contributed by atoms with Crippen LogP contribution in [0, 0.1) is 0 Å². The lowest BCUT2D eigenvalue weighted by Crippen LogP contribution is -2.35. The van der Waals surface area contributed by atoms with Crippen molar-refractivity contribution in [3.05, 3.63) is 53.1 Å². The number of amides is 2. The van der Waals surface area contributed by atoms with Crippen molar-refractivity contribution in [3.8, 4) is 11.5 Å². The molecular weight excluding hydrogens is 410 g/mol. The van der Waals surface area contributed by atoms with E-state index in [-0.39, 0.29) is 18.3 Å². The third-order valence-corrected chi connectivity index (χ3v) is 4.48. The van der Waals surface area contributed by atoms with Crippen LogP contribution in [0.1, 0.15) is 12.0 Å². The van der Waals surface area contributed by atoms with Crippen molar-refractivity contribution in [2.45, 2.75) is 12.5 Å². The summed E-state index contributed by atoms with van der Waals surface area (Å²) in [4.78, 5) is 28.4. The molecule has 3 rings (SSSR count). The number of rotatable bonds is 7. The predicted molar refractivity (Wildman–Crippen MR) is 114 cm³/mol. The Morgan fingerprint density at radius 3 is 2.73 bits per heavy atom. The molecule has 1 heterocycles. The number of carbonyl (C=O) groups excluding carboxylic acids is 2. The van der Waals surface area contributed by atoms with E-state index in [4.69, 9.17) is 21.1 Å². The van der Waals surface area contributed by atoms with Gasteiger partial charge in [0.2, 0.25) is 11.9 Å². The average molecular weight is 430 g/mol. The number of nitrogens with one attached hydrogen (secondary N) is 3. The van der Waals surface area contributed by atoms with Crippen LogP contribution >= 0.6 is 11.6 Å². The Bertz CT molecular complexity index is 1010. The van der Waals surface area contributed by atoms with Crippen molar-refractivity contribution in [3.63, 3.8) is 0 Å². The maximum Gasteiger partial charge on any atom is 0.252 e. The molecule has 2 aromatic carbocycles. The van der Waals surface area contributed by atoms with Crippen molar-refractivity contribution in [2.75, 3.05) is 19.5 Å². The molecular formula is C20H20ClN5O4. The highest BCUT2D eigenvalue weighted by Crippen LogP contribution is 2.26. The normalized spacial score (nSPS) is 15.5. The number of nitrogens with zero attached hydrogens (tertiary/aromatic N) is 2. The van der Waals surface area contributed by atoms with Gasteiger partial charge in [-0.1, -0.05) is 23.7 Å². The number of methoxy groups -OCH3 is 2. The highest BCUT2D eigenvalue weighted by Gasteiger charge is 2.28. The van der Waals surface area contributed by atoms with Crippen LogP contribution < -0.4 is 25.5 Å². The van der Waals surface area contributed by atoms with Gasteiger partial charge in [0.1, 0.15) is 6.04 Å². The second-order valence-electron chi connectivity index (χ2n) is 6.20. The van der Waals surface area contributed by atoms with E-state index in [1.54, 1.807) is 56.7 Å². The van der Waals surface area contributed by atoms with Crippen LogP contribution in [-0.4, -0.2) is 44.2 Å². The summed E-state index contributed by atoms with van der Waals surface area (Å²) < 4.78 is 10.4. The van der Waals surface area contributed by atoms with Crippen LogP contribution in [0.4, 0.5) is 5.69 Å². The molecule has 0 aliphatic carbocycles. The minimum absolute atomic E-state index is 0.123. The molecule has 0 aromatic heterocycles. The topological polar surface area (TPSA) is 113 Å². The fourth-order valence-electron chi connectivity index (χ4n) is 2.68. The average Bonchev–Trinajstić information content (AvgIpc) is 3.08. The lowest BCUT2D eigenvalue weighted by Gasteiger charge is -2.08. The van der Waals surface area contributed by atoms with E-state index >= 15 is 0 Å². The lowest BCUT2D eigenvalue weighted by atomic mass is 10.2. The summed E-state index contributed by atoms with van der Waals surface area (Å²) in [5.41, 5.74) is 3.88. The SMILES string of the molecule is COc1ccc(/C=N\NC2=N[C@@H](CC(=O)Nc3ccccc3Cl)C(=O)N2)cc1OC. The zero-order valence-electron chi connectivity index (χ0n) is 16.3. The Kier molecular flexibility index (Phi) is 6.87. The first-order valence-corrected chi connectivity index (χ1v) is 9.32. The van der Waals surface area contributed by atoms with Crippen molar-refractivity contribution < 1.29 is 19.1 Å². The fraction of sp³-hybridized carbons (Fsp3) is 0.200. The molecule has 1 aliphatic rings. The third-order valence-electron chi connectivity index (χ3n) is 4.15. The number of para-hydroxylation sites is 1. The van der Waals surface area contributed by atoms with Gasteiger partial charge in [-0.2, -0.15) is 5.10 Å². The van der Waals surface area contributed by atoms with Gasteiger partial charge < -0.3 is 14.8 Å². The molecule has 2 aromatic rings. The number of carbonyl (C=O) groups is 2. The molecule has 1 atom stereocenters. The minimum atomic E-state index is -0.855. The number of aliphatic imine (C=N–C) groups is 1. The Balaban J connectivity index is 1.57. The zero-order chi connectivity index (χ0) is 21.5. The van der Waals surface area contributed by atoms with Gasteiger partial charge in [0.15, 0.2) is 11.5 Å². The summed E-state index contributed by atoms with van der Waals surface area (Å²) in [6, 6.07) is 11.3. The molecule has 0 saturated heterocycles. The number of halogens is 1. The van der Waals surface area contributed by atoms with Crippen molar-refractivity contribution in [1.82, 2.24) is 10.7 Å². The van der Waals surface area contributed by atoms with Crippen LogP contribution in [0.2, 0.25) is 5.02 Å². The first kappa shape index (κ1) is 21.1. The van der Waals surface area contributed by atoms with Crippen LogP contribution in [0.3, 0.4) is 0 Å². The molecule has 1 aliphatic heterocycles. The maximum absolute atomic E-state index is 12.2. The highest BCUT2D eigenvalue weighted by atomic mass is 35.5. The molecule has 0 radical (unpaired) electrons. The van der Waals surface area contributed by atoms with E-state index < -0.39 is 11.9 Å². The molecule has 156 valence electrons. The summed E-state index contributed by atoms with van der Waals surface area (Å²) in [7, 11) is 3.10. The van der Waals surface area contributed by atoms with Gasteiger partial charge in [0.25, 0.3) is 5.91 Å². The Morgan fingerprint density at radius 2 is 2.00 bits per heavy atom. The van der Waals surface area contributed by atoms with Crippen LogP contribution in [0.5, 0.6) is 11.5 Å². The number of ether oxygens (including phenoxy) is 2. The quantitative estimate of drug-likeness (QED) is 0.461. The highest BCUT2D eigenvalue weighted by molar-refractivity contribution is 6.33. The third kappa shape index (κ3) is 5.26. The monoisotopic (exact) mass is 429 g/mol. The molecule has 10 heteroatoms. The van der Waals surface area contributed by atoms with Crippen LogP contribution in [-0.2, 0) is 9.59 Å². The van der Waals surface area contributed by atoms with E-state index in [0.29, 0.717) is 22.2 Å². The molecule has 0 unspecified atom stereocenters. The summed E-state index contributed by atoms with van der Waals surface area (Å²) in [6.45, 7) is 0. The standard InChI is InChI=1S/C20H20ClN5O4/c1-29-16-8-7-12(9-17(16)30-2)11-22-26-20-24-15(19(28)25-20)10-18(27)23-14-6-4-3-5-13(14)21/h3-9,11,15H,10H2,1-2H3,(H,23,27)(H2,24,25,26,28)/b22-11-/t15-/m0/s1. The second-order valence-corrected chi connectivity index (χ2v) is 6.61. The molecule has 30 heavy (non-hydrogen) atoms. The van der Waals surface area contributed by atoms with Gasteiger partial charge in [-0.05, 0) is 35.9 Å². The van der Waals surface area contributed by atoms with Crippen LogP contribution in [0.25, 0.3) is 0 Å². The minimum Gasteiger partial charge on any atom is -0.493 e. The van der Waals surface area contributed by atoms with E-state index in [0.717, 1.165) is 5.56 Å². The van der Waals surface area contributed by atoms with E-state index in [1.165, 1.54) is 6.21 Å². The largest absolute Gasteiger partial charge is 0.493 e. The molecule has 9 nitrogen and oxygen atoms in total. The number of hydrogen-bond donors (Lipinski definition) is 3. The van der Waals surface area contributed by atoms with Gasteiger partial charge in [0.05, 0.1) is 37.6 Å². The molecule has 2 amide bonds. The van der Waals surface area contributed by atoms with E-state index in [2.05, 4.69) is 26.2 Å². The maximum atomic E-state index is 12.2. The number of benzene rings is 2. The number of guanidine groups is 1. The van der Waals surface area contributed by atoms with Gasteiger partial charge in [-0.15, -0.1) is 0 Å². The van der Waals surface area contributed by atoms with E-state index in [1.807, 2.05) is 0 Å². The van der Waals surface area contributed by atoms with Gasteiger partial charge in [-0.3, -0.25) is 14.9 Å². The van der Waals surface area contributed by atoms with Crippen LogP contribution in [0.15, 0.2) is 52.6 Å². The molecule has 0 saturated carbocycles. The number of hydrogen-bond acceptors (Lipinski definition) is 7. The summed E-state index contributed by atoms with van der Waals surface area (Å²) in [5.74, 6) is 0.563. The van der Waals surface area contributed by atoms with Gasteiger partial charge in [0, 0.05) is 0 Å². The Labute approximate surface area is 178 Å². The van der Waals surface area contributed by atoms with Gasteiger partial charge in [-0.25, -0.2) is 10.4 Å². The molecule has 0 spiro atoms.